The van der Waals surface area contributed by atoms with Crippen molar-refractivity contribution in [3.8, 4) is 17.0 Å². The van der Waals surface area contributed by atoms with Crippen LogP contribution in [-0.4, -0.2) is 28.5 Å². The molecule has 0 atom stereocenters. The van der Waals surface area contributed by atoms with Crippen molar-refractivity contribution in [1.82, 2.24) is 10.3 Å². The van der Waals surface area contributed by atoms with Crippen LogP contribution in [0.1, 0.15) is 10.5 Å². The average molecular weight is 220 g/mol. The zero-order valence-corrected chi connectivity index (χ0v) is 8.38. The minimum Gasteiger partial charge on any atom is -0.497 e. The monoisotopic (exact) mass is 220 g/mol. The molecular weight excluding hydrogens is 212 g/mol. The molecule has 0 aliphatic carbocycles. The summed E-state index contributed by atoms with van der Waals surface area (Å²) in [4.78, 5) is 10.8. The van der Waals surface area contributed by atoms with Gasteiger partial charge in [-0.2, -0.15) is 0 Å². The van der Waals surface area contributed by atoms with Gasteiger partial charge in [-0.3, -0.25) is 0 Å². The van der Waals surface area contributed by atoms with E-state index in [1.807, 2.05) is 0 Å². The molecule has 1 N–H and O–H groups in total. The SMILES string of the molecule is COc1ccc(-c2nonc2C(=O)O)cc1. The Hall–Kier alpha value is -2.37. The van der Waals surface area contributed by atoms with Crippen LogP contribution in [-0.2, 0) is 0 Å². The highest BCUT2D eigenvalue weighted by Gasteiger charge is 2.18. The van der Waals surface area contributed by atoms with E-state index in [0.29, 0.717) is 11.3 Å². The molecule has 2 aromatic rings. The molecule has 1 aromatic heterocycles. The molecular formula is C10H8N2O4. The topological polar surface area (TPSA) is 85.5 Å². The van der Waals surface area contributed by atoms with Crippen LogP contribution >= 0.6 is 0 Å². The van der Waals surface area contributed by atoms with Crippen LogP contribution in [0.25, 0.3) is 11.3 Å². The van der Waals surface area contributed by atoms with E-state index in [1.54, 1.807) is 31.4 Å². The van der Waals surface area contributed by atoms with E-state index in [4.69, 9.17) is 9.84 Å². The van der Waals surface area contributed by atoms with Crippen LogP contribution in [0, 0.1) is 0 Å². The van der Waals surface area contributed by atoms with Crippen LogP contribution in [0.2, 0.25) is 0 Å². The van der Waals surface area contributed by atoms with Gasteiger partial charge in [-0.15, -0.1) is 0 Å². The number of ether oxygens (including phenoxy) is 1. The minimum absolute atomic E-state index is 0.204. The third-order valence-corrected chi connectivity index (χ3v) is 2.05. The first-order chi connectivity index (χ1) is 7.72. The number of hydrogen-bond acceptors (Lipinski definition) is 5. The first-order valence-electron chi connectivity index (χ1n) is 4.42. The molecule has 0 saturated heterocycles. The second kappa shape index (κ2) is 4.01. The average Bonchev–Trinajstić information content (AvgIpc) is 2.78. The lowest BCUT2D eigenvalue weighted by atomic mass is 10.1. The Bertz CT molecular complexity index is 504. The molecule has 0 saturated carbocycles. The maximum absolute atomic E-state index is 10.8. The predicted octanol–water partition coefficient (Wildman–Crippen LogP) is 1.44. The van der Waals surface area contributed by atoms with E-state index in [9.17, 15) is 4.79 Å². The largest absolute Gasteiger partial charge is 0.497 e. The molecule has 1 heterocycles. The lowest BCUT2D eigenvalue weighted by molar-refractivity contribution is 0.0685. The number of nitrogens with zero attached hydrogens (tertiary/aromatic N) is 2. The molecule has 6 nitrogen and oxygen atoms in total. The molecule has 2 rings (SSSR count). The molecule has 0 amide bonds. The highest BCUT2D eigenvalue weighted by atomic mass is 16.6. The van der Waals surface area contributed by atoms with Crippen molar-refractivity contribution in [2.75, 3.05) is 7.11 Å². The molecule has 1 aromatic carbocycles. The van der Waals surface area contributed by atoms with Gasteiger partial charge in [0.15, 0.2) is 0 Å². The van der Waals surface area contributed by atoms with Gasteiger partial charge in [0.2, 0.25) is 5.69 Å². The Morgan fingerprint density at radius 2 is 2.00 bits per heavy atom. The summed E-state index contributed by atoms with van der Waals surface area (Å²) in [6.45, 7) is 0. The lowest BCUT2D eigenvalue weighted by Gasteiger charge is -2.00. The molecule has 0 aliphatic heterocycles. The Balaban J connectivity index is 2.42. The van der Waals surface area contributed by atoms with Gasteiger partial charge in [0.05, 0.1) is 7.11 Å². The first-order valence-corrected chi connectivity index (χ1v) is 4.42. The standard InChI is InChI=1S/C10H8N2O4/c1-15-7-4-2-6(3-5-7)8-9(10(13)14)12-16-11-8/h2-5H,1H3,(H,13,14). The maximum atomic E-state index is 10.8. The number of aromatic carboxylic acids is 1. The lowest BCUT2D eigenvalue weighted by Crippen LogP contribution is -1.99. The Morgan fingerprint density at radius 3 is 2.56 bits per heavy atom. The fourth-order valence-corrected chi connectivity index (χ4v) is 1.27. The minimum atomic E-state index is -1.17. The van der Waals surface area contributed by atoms with Crippen molar-refractivity contribution in [2.45, 2.75) is 0 Å². The molecule has 6 heteroatoms. The van der Waals surface area contributed by atoms with Crippen LogP contribution in [0.5, 0.6) is 5.75 Å². The van der Waals surface area contributed by atoms with Gasteiger partial charge >= 0.3 is 5.97 Å². The number of aromatic nitrogens is 2. The predicted molar refractivity (Wildman–Crippen MR) is 53.2 cm³/mol. The van der Waals surface area contributed by atoms with Gasteiger partial charge in [-0.05, 0) is 34.6 Å². The zero-order valence-electron chi connectivity index (χ0n) is 8.38. The Morgan fingerprint density at radius 1 is 1.31 bits per heavy atom. The van der Waals surface area contributed by atoms with Crippen LogP contribution in [0.15, 0.2) is 28.9 Å². The zero-order chi connectivity index (χ0) is 11.5. The third kappa shape index (κ3) is 1.72. The van der Waals surface area contributed by atoms with Crippen LogP contribution < -0.4 is 4.74 Å². The molecule has 0 unspecified atom stereocenters. The van der Waals surface area contributed by atoms with Gasteiger partial charge in [0.25, 0.3) is 0 Å². The van der Waals surface area contributed by atoms with E-state index in [0.717, 1.165) is 0 Å². The normalized spacial score (nSPS) is 10.1. The second-order valence-electron chi connectivity index (χ2n) is 3.00. The summed E-state index contributed by atoms with van der Waals surface area (Å²) in [6.07, 6.45) is 0. The van der Waals surface area contributed by atoms with Gasteiger partial charge in [0, 0.05) is 5.56 Å². The Kier molecular flexibility index (Phi) is 2.55. The fourth-order valence-electron chi connectivity index (χ4n) is 1.27. The van der Waals surface area contributed by atoms with Crippen molar-refractivity contribution in [3.05, 3.63) is 30.0 Å². The summed E-state index contributed by atoms with van der Waals surface area (Å²) in [5.41, 5.74) is 0.611. The summed E-state index contributed by atoms with van der Waals surface area (Å²) in [5, 5.41) is 15.7. The van der Waals surface area contributed by atoms with Crippen molar-refractivity contribution in [1.29, 1.82) is 0 Å². The third-order valence-electron chi connectivity index (χ3n) is 2.05. The number of carboxylic acid groups (broad SMARTS) is 1. The first kappa shape index (κ1) is 10.2. The Labute approximate surface area is 90.4 Å². The smallest absolute Gasteiger partial charge is 0.360 e. The van der Waals surface area contributed by atoms with E-state index in [-0.39, 0.29) is 11.4 Å². The van der Waals surface area contributed by atoms with E-state index < -0.39 is 5.97 Å². The number of hydrogen-bond donors (Lipinski definition) is 1. The van der Waals surface area contributed by atoms with Gasteiger partial charge in [-0.1, -0.05) is 0 Å². The van der Waals surface area contributed by atoms with Gasteiger partial charge in [-0.25, -0.2) is 9.42 Å². The molecule has 16 heavy (non-hydrogen) atoms. The van der Waals surface area contributed by atoms with Gasteiger partial charge in [0.1, 0.15) is 11.4 Å². The van der Waals surface area contributed by atoms with Gasteiger partial charge < -0.3 is 9.84 Å². The van der Waals surface area contributed by atoms with E-state index in [1.165, 1.54) is 0 Å². The van der Waals surface area contributed by atoms with Crippen LogP contribution in [0.4, 0.5) is 0 Å². The molecule has 0 bridgehead atoms. The van der Waals surface area contributed by atoms with E-state index in [2.05, 4.69) is 14.9 Å². The number of carbonyl (C=O) groups is 1. The summed E-state index contributed by atoms with van der Waals surface area (Å²) < 4.78 is 9.39. The van der Waals surface area contributed by atoms with E-state index >= 15 is 0 Å². The second-order valence-corrected chi connectivity index (χ2v) is 3.00. The van der Waals surface area contributed by atoms with Crippen molar-refractivity contribution >= 4 is 5.97 Å². The summed E-state index contributed by atoms with van der Waals surface area (Å²) in [7, 11) is 1.55. The highest BCUT2D eigenvalue weighted by Crippen LogP contribution is 2.22. The fraction of sp³-hybridized carbons (Fsp3) is 0.100. The number of rotatable bonds is 3. The number of carboxylic acids is 1. The van der Waals surface area contributed by atoms with Crippen molar-refractivity contribution in [2.24, 2.45) is 0 Å². The van der Waals surface area contributed by atoms with Crippen molar-refractivity contribution in [3.63, 3.8) is 0 Å². The van der Waals surface area contributed by atoms with Crippen LogP contribution in [0.3, 0.4) is 0 Å². The number of benzene rings is 1. The molecule has 82 valence electrons. The van der Waals surface area contributed by atoms with Crippen molar-refractivity contribution < 1.29 is 19.3 Å². The molecule has 0 radical (unpaired) electrons. The number of methoxy groups -OCH3 is 1. The molecule has 0 spiro atoms. The quantitative estimate of drug-likeness (QED) is 0.842. The highest BCUT2D eigenvalue weighted by molar-refractivity contribution is 5.92. The molecule has 0 aliphatic rings. The maximum Gasteiger partial charge on any atom is 0.360 e. The summed E-state index contributed by atoms with van der Waals surface area (Å²) >= 11 is 0. The molecule has 0 fully saturated rings. The summed E-state index contributed by atoms with van der Waals surface area (Å²) in [6, 6.07) is 6.78. The summed E-state index contributed by atoms with van der Waals surface area (Å²) in [5.74, 6) is -0.496.